The summed E-state index contributed by atoms with van der Waals surface area (Å²) in [6.07, 6.45) is 3.79. The highest BCUT2D eigenvalue weighted by atomic mass is 16.6. The zero-order valence-corrected chi connectivity index (χ0v) is 10.2. The fourth-order valence-corrected chi connectivity index (χ4v) is 1.84. The SMILES string of the molecule is CCc1nccn1-c1cc(C(N)=O)ccc1[N+](=O)[O-]. The molecule has 2 aromatic rings. The molecule has 98 valence electrons. The van der Waals surface area contributed by atoms with E-state index in [1.54, 1.807) is 17.0 Å². The number of nitrogens with zero attached hydrogens (tertiary/aromatic N) is 3. The Bertz CT molecular complexity index is 648. The summed E-state index contributed by atoms with van der Waals surface area (Å²) < 4.78 is 1.59. The lowest BCUT2D eigenvalue weighted by Crippen LogP contribution is -2.12. The van der Waals surface area contributed by atoms with E-state index < -0.39 is 10.8 Å². The molecule has 1 aromatic heterocycles. The first-order valence-corrected chi connectivity index (χ1v) is 5.65. The number of benzene rings is 1. The van der Waals surface area contributed by atoms with Gasteiger partial charge in [0.1, 0.15) is 11.5 Å². The first-order chi connectivity index (χ1) is 9.04. The van der Waals surface area contributed by atoms with E-state index in [9.17, 15) is 14.9 Å². The van der Waals surface area contributed by atoms with Crippen molar-refractivity contribution in [2.24, 2.45) is 5.73 Å². The molecule has 0 radical (unpaired) electrons. The van der Waals surface area contributed by atoms with Gasteiger partial charge in [-0.3, -0.25) is 19.5 Å². The Labute approximate surface area is 108 Å². The van der Waals surface area contributed by atoms with Crippen LogP contribution in [-0.4, -0.2) is 20.4 Å². The van der Waals surface area contributed by atoms with Crippen LogP contribution in [0, 0.1) is 10.1 Å². The number of amides is 1. The lowest BCUT2D eigenvalue weighted by molar-refractivity contribution is -0.384. The molecule has 1 amide bonds. The van der Waals surface area contributed by atoms with Crippen LogP contribution in [0.5, 0.6) is 0 Å². The van der Waals surface area contributed by atoms with Crippen molar-refractivity contribution in [2.75, 3.05) is 0 Å². The maximum atomic E-state index is 11.2. The normalized spacial score (nSPS) is 10.4. The van der Waals surface area contributed by atoms with Crippen LogP contribution in [0.15, 0.2) is 30.6 Å². The van der Waals surface area contributed by atoms with Crippen LogP contribution >= 0.6 is 0 Å². The first-order valence-electron chi connectivity index (χ1n) is 5.65. The van der Waals surface area contributed by atoms with E-state index >= 15 is 0 Å². The number of nitro benzene ring substituents is 1. The highest BCUT2D eigenvalue weighted by Crippen LogP contribution is 2.25. The average Bonchev–Trinajstić information content (AvgIpc) is 2.85. The van der Waals surface area contributed by atoms with Gasteiger partial charge < -0.3 is 5.73 Å². The van der Waals surface area contributed by atoms with Gasteiger partial charge in [-0.05, 0) is 12.1 Å². The average molecular weight is 260 g/mol. The lowest BCUT2D eigenvalue weighted by atomic mass is 10.1. The number of aryl methyl sites for hydroxylation is 1. The van der Waals surface area contributed by atoms with Crippen molar-refractivity contribution in [3.05, 3.63) is 52.1 Å². The molecule has 0 aliphatic carbocycles. The molecule has 0 aliphatic rings. The summed E-state index contributed by atoms with van der Waals surface area (Å²) in [5, 5.41) is 11.1. The van der Waals surface area contributed by atoms with Gasteiger partial charge in [-0.2, -0.15) is 0 Å². The number of aromatic nitrogens is 2. The maximum Gasteiger partial charge on any atom is 0.293 e. The van der Waals surface area contributed by atoms with Gasteiger partial charge in [-0.1, -0.05) is 6.92 Å². The summed E-state index contributed by atoms with van der Waals surface area (Å²) >= 11 is 0. The van der Waals surface area contributed by atoms with E-state index in [-0.39, 0.29) is 16.9 Å². The van der Waals surface area contributed by atoms with E-state index in [0.29, 0.717) is 12.2 Å². The number of carbonyl (C=O) groups excluding carboxylic acids is 1. The van der Waals surface area contributed by atoms with E-state index in [2.05, 4.69) is 4.98 Å². The van der Waals surface area contributed by atoms with Gasteiger partial charge >= 0.3 is 0 Å². The molecule has 2 N–H and O–H groups in total. The van der Waals surface area contributed by atoms with Gasteiger partial charge in [0.05, 0.1) is 4.92 Å². The van der Waals surface area contributed by atoms with Crippen molar-refractivity contribution in [3.8, 4) is 5.69 Å². The molecule has 0 bridgehead atoms. The molecule has 7 heteroatoms. The topological polar surface area (TPSA) is 104 Å². The predicted octanol–water partition coefficient (Wildman–Crippen LogP) is 1.44. The Morgan fingerprint density at radius 2 is 2.26 bits per heavy atom. The van der Waals surface area contributed by atoms with Crippen molar-refractivity contribution >= 4 is 11.6 Å². The van der Waals surface area contributed by atoms with E-state index in [1.165, 1.54) is 18.2 Å². The highest BCUT2D eigenvalue weighted by molar-refractivity contribution is 5.94. The molecule has 1 heterocycles. The minimum absolute atomic E-state index is 0.0994. The molecule has 1 aromatic carbocycles. The fraction of sp³-hybridized carbons (Fsp3) is 0.167. The Morgan fingerprint density at radius 3 is 2.84 bits per heavy atom. The number of rotatable bonds is 4. The number of imidazole rings is 1. The Morgan fingerprint density at radius 1 is 1.53 bits per heavy atom. The van der Waals surface area contributed by atoms with Crippen LogP contribution in [0.3, 0.4) is 0 Å². The van der Waals surface area contributed by atoms with Crippen LogP contribution in [0.2, 0.25) is 0 Å². The predicted molar refractivity (Wildman–Crippen MR) is 68.1 cm³/mol. The minimum Gasteiger partial charge on any atom is -0.366 e. The van der Waals surface area contributed by atoms with Crippen LogP contribution in [0.25, 0.3) is 5.69 Å². The smallest absolute Gasteiger partial charge is 0.293 e. The molecule has 0 spiro atoms. The zero-order chi connectivity index (χ0) is 14.0. The standard InChI is InChI=1S/C12H12N4O3/c1-2-11-14-5-6-15(11)10-7-8(12(13)17)3-4-9(10)16(18)19/h3-7H,2H2,1H3,(H2,13,17). The Kier molecular flexibility index (Phi) is 3.28. The molecule has 0 atom stereocenters. The summed E-state index contributed by atoms with van der Waals surface area (Å²) in [6, 6.07) is 4.02. The van der Waals surface area contributed by atoms with Crippen LogP contribution in [-0.2, 0) is 6.42 Å². The Hall–Kier alpha value is -2.70. The fourth-order valence-electron chi connectivity index (χ4n) is 1.84. The van der Waals surface area contributed by atoms with Crippen molar-refractivity contribution in [2.45, 2.75) is 13.3 Å². The summed E-state index contributed by atoms with van der Waals surface area (Å²) in [7, 11) is 0. The number of hydrogen-bond acceptors (Lipinski definition) is 4. The lowest BCUT2D eigenvalue weighted by Gasteiger charge is -2.08. The summed E-state index contributed by atoms with van der Waals surface area (Å²) in [4.78, 5) is 25.8. The van der Waals surface area contributed by atoms with Gasteiger partial charge in [0, 0.05) is 30.4 Å². The molecule has 0 aliphatic heterocycles. The summed E-state index contributed by atoms with van der Waals surface area (Å²) in [5.74, 6) is 0.0408. The van der Waals surface area contributed by atoms with Crippen molar-refractivity contribution in [1.29, 1.82) is 0 Å². The number of hydrogen-bond donors (Lipinski definition) is 1. The largest absolute Gasteiger partial charge is 0.366 e. The quantitative estimate of drug-likeness (QED) is 0.663. The number of carbonyl (C=O) groups is 1. The summed E-state index contributed by atoms with van der Waals surface area (Å²) in [6.45, 7) is 1.89. The number of nitrogens with two attached hydrogens (primary N) is 1. The number of nitro groups is 1. The monoisotopic (exact) mass is 260 g/mol. The van der Waals surface area contributed by atoms with E-state index in [1.807, 2.05) is 6.92 Å². The third-order valence-electron chi connectivity index (χ3n) is 2.75. The first kappa shape index (κ1) is 12.7. The molecule has 0 saturated heterocycles. The molecule has 2 rings (SSSR count). The van der Waals surface area contributed by atoms with Crippen LogP contribution in [0.1, 0.15) is 23.1 Å². The third-order valence-corrected chi connectivity index (χ3v) is 2.75. The molecular weight excluding hydrogens is 248 g/mol. The minimum atomic E-state index is -0.630. The maximum absolute atomic E-state index is 11.2. The van der Waals surface area contributed by atoms with Gasteiger partial charge in [0.25, 0.3) is 5.69 Å². The van der Waals surface area contributed by atoms with E-state index in [4.69, 9.17) is 5.73 Å². The van der Waals surface area contributed by atoms with Crippen LogP contribution in [0.4, 0.5) is 5.69 Å². The molecule has 19 heavy (non-hydrogen) atoms. The van der Waals surface area contributed by atoms with Gasteiger partial charge in [0.15, 0.2) is 0 Å². The Balaban J connectivity index is 2.68. The van der Waals surface area contributed by atoms with Crippen molar-refractivity contribution in [3.63, 3.8) is 0 Å². The van der Waals surface area contributed by atoms with Gasteiger partial charge in [-0.25, -0.2) is 4.98 Å². The molecule has 7 nitrogen and oxygen atoms in total. The van der Waals surface area contributed by atoms with Gasteiger partial charge in [0.2, 0.25) is 5.91 Å². The third kappa shape index (κ3) is 2.30. The van der Waals surface area contributed by atoms with Gasteiger partial charge in [-0.15, -0.1) is 0 Å². The zero-order valence-electron chi connectivity index (χ0n) is 10.2. The second kappa shape index (κ2) is 4.89. The summed E-state index contributed by atoms with van der Waals surface area (Å²) in [5.41, 5.74) is 5.61. The molecular formula is C12H12N4O3. The molecule has 0 unspecified atom stereocenters. The van der Waals surface area contributed by atoms with E-state index in [0.717, 1.165) is 0 Å². The molecule has 0 fully saturated rings. The second-order valence-corrected chi connectivity index (χ2v) is 3.89. The number of primary amides is 1. The second-order valence-electron chi connectivity index (χ2n) is 3.89. The van der Waals surface area contributed by atoms with Crippen LogP contribution < -0.4 is 5.73 Å². The van der Waals surface area contributed by atoms with Crippen molar-refractivity contribution < 1.29 is 9.72 Å². The van der Waals surface area contributed by atoms with Crippen molar-refractivity contribution in [1.82, 2.24) is 9.55 Å². The molecule has 0 saturated carbocycles. The highest BCUT2D eigenvalue weighted by Gasteiger charge is 2.18.